The number of aromatic nitrogens is 2. The minimum Gasteiger partial charge on any atom is -0.467 e. The normalized spacial score (nSPS) is 11.3. The van der Waals surface area contributed by atoms with Crippen molar-refractivity contribution in [2.24, 2.45) is 0 Å². The maximum Gasteiger partial charge on any atom is 0.139 e. The van der Waals surface area contributed by atoms with Gasteiger partial charge in [-0.05, 0) is 34.1 Å². The van der Waals surface area contributed by atoms with Gasteiger partial charge in [-0.25, -0.2) is 9.37 Å². The Hall–Kier alpha value is -1.33. The van der Waals surface area contributed by atoms with Gasteiger partial charge in [-0.3, -0.25) is 0 Å². The molecule has 0 saturated carbocycles. The fourth-order valence-corrected chi connectivity index (χ4v) is 2.54. The van der Waals surface area contributed by atoms with E-state index in [-0.39, 0.29) is 11.7 Å². The molecule has 0 aliphatic heterocycles. The molecule has 0 spiro atoms. The van der Waals surface area contributed by atoms with Crippen LogP contribution in [0.3, 0.4) is 0 Å². The first kappa shape index (κ1) is 12.7. The molecular weight excluding hydrogens is 335 g/mol. The number of alkyl halides is 1. The first-order chi connectivity index (χ1) is 9.19. The second-order valence-electron chi connectivity index (χ2n) is 4.08. The van der Waals surface area contributed by atoms with Gasteiger partial charge in [0.1, 0.15) is 17.4 Å². The molecule has 0 radical (unpaired) electrons. The number of imidazole rings is 1. The molecule has 0 amide bonds. The summed E-state index contributed by atoms with van der Waals surface area (Å²) in [6, 6.07) is 6.77. The van der Waals surface area contributed by atoms with Crippen molar-refractivity contribution >= 4 is 38.6 Å². The van der Waals surface area contributed by atoms with E-state index in [1.165, 1.54) is 6.07 Å². The van der Waals surface area contributed by atoms with E-state index in [0.29, 0.717) is 27.9 Å². The van der Waals surface area contributed by atoms with Crippen molar-refractivity contribution in [1.82, 2.24) is 9.55 Å². The number of benzene rings is 1. The third-order valence-electron chi connectivity index (χ3n) is 2.88. The molecular formula is C13H9BrClFN2O. The predicted octanol–water partition coefficient (Wildman–Crippen LogP) is 4.32. The summed E-state index contributed by atoms with van der Waals surface area (Å²) in [5, 5.41) is 0. The van der Waals surface area contributed by atoms with Crippen molar-refractivity contribution in [3.8, 4) is 0 Å². The molecule has 3 aromatic rings. The van der Waals surface area contributed by atoms with Crippen LogP contribution in [0.1, 0.15) is 11.6 Å². The molecule has 3 rings (SSSR count). The molecule has 6 heteroatoms. The van der Waals surface area contributed by atoms with Gasteiger partial charge in [0.2, 0.25) is 0 Å². The lowest BCUT2D eigenvalue weighted by Crippen LogP contribution is -2.03. The Morgan fingerprint density at radius 2 is 2.26 bits per heavy atom. The van der Waals surface area contributed by atoms with Crippen LogP contribution >= 0.6 is 27.5 Å². The van der Waals surface area contributed by atoms with Gasteiger partial charge in [0.15, 0.2) is 0 Å². The quantitative estimate of drug-likeness (QED) is 0.663. The lowest BCUT2D eigenvalue weighted by molar-refractivity contribution is 0.493. The average molecular weight is 344 g/mol. The third kappa shape index (κ3) is 2.28. The molecule has 0 aliphatic rings. The van der Waals surface area contributed by atoms with Crippen LogP contribution in [-0.2, 0) is 12.4 Å². The maximum atomic E-state index is 13.7. The monoisotopic (exact) mass is 342 g/mol. The smallest absolute Gasteiger partial charge is 0.139 e. The molecule has 0 aliphatic carbocycles. The van der Waals surface area contributed by atoms with Crippen LogP contribution in [0.4, 0.5) is 4.39 Å². The molecule has 0 N–H and O–H groups in total. The number of hydrogen-bond donors (Lipinski definition) is 0. The molecule has 19 heavy (non-hydrogen) atoms. The Balaban J connectivity index is 2.17. The van der Waals surface area contributed by atoms with Gasteiger partial charge in [-0.2, -0.15) is 0 Å². The Morgan fingerprint density at radius 1 is 1.42 bits per heavy atom. The van der Waals surface area contributed by atoms with Gasteiger partial charge >= 0.3 is 0 Å². The predicted molar refractivity (Wildman–Crippen MR) is 74.8 cm³/mol. The van der Waals surface area contributed by atoms with Crippen LogP contribution in [0.25, 0.3) is 11.0 Å². The van der Waals surface area contributed by atoms with E-state index < -0.39 is 0 Å². The highest BCUT2D eigenvalue weighted by atomic mass is 79.9. The number of rotatable bonds is 3. The summed E-state index contributed by atoms with van der Waals surface area (Å²) in [4.78, 5) is 4.41. The first-order valence-corrected chi connectivity index (χ1v) is 6.94. The molecule has 0 bridgehead atoms. The zero-order valence-corrected chi connectivity index (χ0v) is 12.1. The van der Waals surface area contributed by atoms with Gasteiger partial charge < -0.3 is 8.98 Å². The van der Waals surface area contributed by atoms with Crippen molar-refractivity contribution < 1.29 is 8.81 Å². The first-order valence-electron chi connectivity index (χ1n) is 5.61. The lowest BCUT2D eigenvalue weighted by atomic mass is 10.3. The molecule has 98 valence electrons. The van der Waals surface area contributed by atoms with Gasteiger partial charge in [0.25, 0.3) is 0 Å². The zero-order valence-electron chi connectivity index (χ0n) is 9.74. The molecule has 0 saturated heterocycles. The van der Waals surface area contributed by atoms with Gasteiger partial charge in [-0.15, -0.1) is 11.6 Å². The highest BCUT2D eigenvalue weighted by Crippen LogP contribution is 2.25. The molecule has 0 unspecified atom stereocenters. The van der Waals surface area contributed by atoms with Crippen LogP contribution in [-0.4, -0.2) is 9.55 Å². The summed E-state index contributed by atoms with van der Waals surface area (Å²) in [6.45, 7) is 0.479. The lowest BCUT2D eigenvalue weighted by Gasteiger charge is -2.05. The van der Waals surface area contributed by atoms with Crippen molar-refractivity contribution in [2.45, 2.75) is 12.4 Å². The number of hydrogen-bond acceptors (Lipinski definition) is 2. The topological polar surface area (TPSA) is 31.0 Å². The second-order valence-corrected chi connectivity index (χ2v) is 5.20. The van der Waals surface area contributed by atoms with E-state index in [2.05, 4.69) is 20.9 Å². The number of furan rings is 1. The molecule has 0 fully saturated rings. The van der Waals surface area contributed by atoms with Crippen LogP contribution in [0.2, 0.25) is 0 Å². The van der Waals surface area contributed by atoms with E-state index in [0.717, 1.165) is 5.76 Å². The van der Waals surface area contributed by atoms with Gasteiger partial charge in [-0.1, -0.05) is 0 Å². The van der Waals surface area contributed by atoms with Gasteiger partial charge in [0.05, 0.1) is 34.2 Å². The summed E-state index contributed by atoms with van der Waals surface area (Å²) in [5.74, 6) is 1.39. The second kappa shape index (κ2) is 4.98. The van der Waals surface area contributed by atoms with Crippen molar-refractivity contribution in [1.29, 1.82) is 0 Å². The van der Waals surface area contributed by atoms with Crippen LogP contribution < -0.4 is 0 Å². The fraction of sp³-hybridized carbons (Fsp3) is 0.154. The van der Waals surface area contributed by atoms with Crippen LogP contribution in [0.5, 0.6) is 0 Å². The summed E-state index contributed by atoms with van der Waals surface area (Å²) in [6.07, 6.45) is 1.60. The SMILES string of the molecule is Fc1cc2c(cc1Br)nc(CCl)n2Cc1ccco1. The Kier molecular flexibility index (Phi) is 3.33. The average Bonchev–Trinajstić information content (AvgIpc) is 3.00. The fourth-order valence-electron chi connectivity index (χ4n) is 2.01. The number of halogens is 3. The van der Waals surface area contributed by atoms with Crippen molar-refractivity contribution in [3.63, 3.8) is 0 Å². The number of nitrogens with zero attached hydrogens (tertiary/aromatic N) is 2. The molecule has 0 atom stereocenters. The van der Waals surface area contributed by atoms with Crippen molar-refractivity contribution in [3.05, 3.63) is 52.4 Å². The highest BCUT2D eigenvalue weighted by Gasteiger charge is 2.14. The standard InChI is InChI=1S/C13H9BrClFN2O/c14-9-4-11-12(5-10(9)16)18(13(6-15)17-11)7-8-2-1-3-19-8/h1-5H,6-7H2. The van der Waals surface area contributed by atoms with E-state index in [1.54, 1.807) is 12.3 Å². The van der Waals surface area contributed by atoms with E-state index >= 15 is 0 Å². The van der Waals surface area contributed by atoms with Gasteiger partial charge in [0, 0.05) is 6.07 Å². The van der Waals surface area contributed by atoms with Crippen molar-refractivity contribution in [2.75, 3.05) is 0 Å². The zero-order chi connectivity index (χ0) is 13.4. The summed E-state index contributed by atoms with van der Waals surface area (Å²) >= 11 is 9.06. The third-order valence-corrected chi connectivity index (χ3v) is 3.73. The Morgan fingerprint density at radius 3 is 2.95 bits per heavy atom. The number of fused-ring (bicyclic) bond motifs is 1. The largest absolute Gasteiger partial charge is 0.467 e. The van der Waals surface area contributed by atoms with E-state index in [1.807, 2.05) is 16.7 Å². The minimum absolute atomic E-state index is 0.259. The Bertz CT molecular complexity index is 724. The molecule has 2 aromatic heterocycles. The van der Waals surface area contributed by atoms with E-state index in [4.69, 9.17) is 16.0 Å². The molecule has 2 heterocycles. The Labute approximate surface area is 122 Å². The maximum absolute atomic E-state index is 13.7. The van der Waals surface area contributed by atoms with E-state index in [9.17, 15) is 4.39 Å². The molecule has 3 nitrogen and oxygen atoms in total. The summed E-state index contributed by atoms with van der Waals surface area (Å²) in [7, 11) is 0. The summed E-state index contributed by atoms with van der Waals surface area (Å²) < 4.78 is 21.2. The highest BCUT2D eigenvalue weighted by molar-refractivity contribution is 9.10. The van der Waals surface area contributed by atoms with Crippen LogP contribution in [0.15, 0.2) is 39.4 Å². The summed E-state index contributed by atoms with van der Waals surface area (Å²) in [5.41, 5.74) is 1.41. The minimum atomic E-state index is -0.325. The molecule has 1 aromatic carbocycles. The van der Waals surface area contributed by atoms with Crippen LogP contribution in [0, 0.1) is 5.82 Å².